The van der Waals surface area contributed by atoms with Crippen molar-refractivity contribution < 1.29 is 13.2 Å². The van der Waals surface area contributed by atoms with Gasteiger partial charge in [-0.3, -0.25) is 4.79 Å². The molecule has 29 heavy (non-hydrogen) atoms. The standard InChI is InChI=1S/C23H22N2O3S/c1-2-17-24-29(27,28)21-15-13-20(14-16-21)23(26)25-22(18-9-5-3-6-10-18)19-11-7-4-8-12-19/h2-16,22,24H,1,17H2,(H,25,26). The van der Waals surface area contributed by atoms with Crippen molar-refractivity contribution >= 4 is 15.9 Å². The van der Waals surface area contributed by atoms with Crippen LogP contribution in [0.25, 0.3) is 0 Å². The van der Waals surface area contributed by atoms with Crippen LogP contribution in [0.2, 0.25) is 0 Å². The molecule has 0 spiro atoms. The molecule has 6 heteroatoms. The molecule has 3 rings (SSSR count). The summed E-state index contributed by atoms with van der Waals surface area (Å²) in [7, 11) is -3.63. The number of sulfonamides is 1. The van der Waals surface area contributed by atoms with E-state index in [1.165, 1.54) is 30.3 Å². The fourth-order valence-electron chi connectivity index (χ4n) is 2.90. The van der Waals surface area contributed by atoms with Crippen molar-refractivity contribution in [2.45, 2.75) is 10.9 Å². The SMILES string of the molecule is C=CCNS(=O)(=O)c1ccc(C(=O)NC(c2ccccc2)c2ccccc2)cc1. The molecular weight excluding hydrogens is 384 g/mol. The third kappa shape index (κ3) is 5.19. The number of rotatable bonds is 8. The molecule has 0 bridgehead atoms. The van der Waals surface area contributed by atoms with E-state index in [4.69, 9.17) is 0 Å². The van der Waals surface area contributed by atoms with Gasteiger partial charge in [0.2, 0.25) is 10.0 Å². The zero-order chi connectivity index (χ0) is 20.7. The minimum absolute atomic E-state index is 0.0959. The molecule has 0 saturated heterocycles. The van der Waals surface area contributed by atoms with Gasteiger partial charge in [-0.1, -0.05) is 66.7 Å². The molecule has 0 fully saturated rings. The molecule has 0 aliphatic heterocycles. The maximum Gasteiger partial charge on any atom is 0.252 e. The van der Waals surface area contributed by atoms with Crippen LogP contribution in [0.5, 0.6) is 0 Å². The van der Waals surface area contributed by atoms with E-state index in [9.17, 15) is 13.2 Å². The molecule has 0 aromatic heterocycles. The number of benzene rings is 3. The normalized spacial score (nSPS) is 11.2. The van der Waals surface area contributed by atoms with E-state index >= 15 is 0 Å². The summed E-state index contributed by atoms with van der Waals surface area (Å²) in [6.45, 7) is 3.63. The summed E-state index contributed by atoms with van der Waals surface area (Å²) in [5.74, 6) is -0.286. The van der Waals surface area contributed by atoms with Gasteiger partial charge in [-0.25, -0.2) is 13.1 Å². The van der Waals surface area contributed by atoms with Crippen LogP contribution in [0.15, 0.2) is 102 Å². The lowest BCUT2D eigenvalue weighted by Crippen LogP contribution is -2.29. The second-order valence-corrected chi connectivity index (χ2v) is 8.16. The minimum atomic E-state index is -3.63. The first-order valence-corrected chi connectivity index (χ1v) is 10.6. The molecule has 0 saturated carbocycles. The highest BCUT2D eigenvalue weighted by Gasteiger charge is 2.19. The number of carbonyl (C=O) groups excluding carboxylic acids is 1. The van der Waals surface area contributed by atoms with E-state index in [-0.39, 0.29) is 23.4 Å². The van der Waals surface area contributed by atoms with Crippen molar-refractivity contribution in [2.75, 3.05) is 6.54 Å². The summed E-state index contributed by atoms with van der Waals surface area (Å²) in [5.41, 5.74) is 2.30. The molecule has 5 nitrogen and oxygen atoms in total. The van der Waals surface area contributed by atoms with Crippen LogP contribution in [-0.4, -0.2) is 20.9 Å². The summed E-state index contributed by atoms with van der Waals surface area (Å²) < 4.78 is 26.7. The van der Waals surface area contributed by atoms with Crippen LogP contribution in [0.1, 0.15) is 27.5 Å². The molecule has 1 amide bonds. The first-order valence-electron chi connectivity index (χ1n) is 9.12. The Balaban J connectivity index is 1.82. The van der Waals surface area contributed by atoms with E-state index in [1.807, 2.05) is 60.7 Å². The van der Waals surface area contributed by atoms with Crippen LogP contribution < -0.4 is 10.0 Å². The summed E-state index contributed by atoms with van der Waals surface area (Å²) in [5, 5.41) is 3.04. The van der Waals surface area contributed by atoms with E-state index in [0.717, 1.165) is 11.1 Å². The van der Waals surface area contributed by atoms with Gasteiger partial charge in [-0.05, 0) is 35.4 Å². The molecule has 0 aliphatic carbocycles. The van der Waals surface area contributed by atoms with Crippen molar-refractivity contribution in [3.63, 3.8) is 0 Å². The highest BCUT2D eigenvalue weighted by molar-refractivity contribution is 7.89. The molecule has 3 aromatic carbocycles. The second kappa shape index (κ2) is 9.32. The molecule has 148 valence electrons. The first-order chi connectivity index (χ1) is 14.0. The Morgan fingerprint density at radius 2 is 1.38 bits per heavy atom. The monoisotopic (exact) mass is 406 g/mol. The first kappa shape index (κ1) is 20.5. The number of carbonyl (C=O) groups is 1. The van der Waals surface area contributed by atoms with Gasteiger partial charge in [0.1, 0.15) is 0 Å². The Labute approximate surface area is 171 Å². The highest BCUT2D eigenvalue weighted by atomic mass is 32.2. The van der Waals surface area contributed by atoms with Gasteiger partial charge >= 0.3 is 0 Å². The van der Waals surface area contributed by atoms with E-state index in [0.29, 0.717) is 5.56 Å². The number of hydrogen-bond donors (Lipinski definition) is 2. The van der Waals surface area contributed by atoms with Crippen molar-refractivity contribution in [2.24, 2.45) is 0 Å². The van der Waals surface area contributed by atoms with Gasteiger partial charge in [-0.15, -0.1) is 6.58 Å². The zero-order valence-corrected chi connectivity index (χ0v) is 16.6. The topological polar surface area (TPSA) is 75.3 Å². The van der Waals surface area contributed by atoms with Gasteiger partial charge < -0.3 is 5.32 Å². The lowest BCUT2D eigenvalue weighted by Gasteiger charge is -2.20. The van der Waals surface area contributed by atoms with Gasteiger partial charge in [-0.2, -0.15) is 0 Å². The predicted octanol–water partition coefficient (Wildman–Crippen LogP) is 3.67. The van der Waals surface area contributed by atoms with Crippen LogP contribution in [0.4, 0.5) is 0 Å². The predicted molar refractivity (Wildman–Crippen MR) is 114 cm³/mol. The Bertz CT molecular complexity index is 1020. The van der Waals surface area contributed by atoms with E-state index in [1.54, 1.807) is 0 Å². The van der Waals surface area contributed by atoms with Crippen molar-refractivity contribution in [3.05, 3.63) is 114 Å². The summed E-state index contributed by atoms with van der Waals surface area (Å²) in [6, 6.07) is 24.9. The molecule has 0 aliphatic rings. The van der Waals surface area contributed by atoms with Crippen LogP contribution in [-0.2, 0) is 10.0 Å². The Morgan fingerprint density at radius 3 is 1.86 bits per heavy atom. The van der Waals surface area contributed by atoms with E-state index in [2.05, 4.69) is 16.6 Å². The Morgan fingerprint density at radius 1 is 0.862 bits per heavy atom. The fourth-order valence-corrected chi connectivity index (χ4v) is 3.90. The Kier molecular flexibility index (Phi) is 6.59. The Hall–Kier alpha value is -3.22. The lowest BCUT2D eigenvalue weighted by molar-refractivity contribution is 0.0943. The van der Waals surface area contributed by atoms with Gasteiger partial charge in [0.25, 0.3) is 5.91 Å². The molecule has 0 radical (unpaired) electrons. The number of nitrogens with one attached hydrogen (secondary N) is 2. The summed E-state index contributed by atoms with van der Waals surface area (Å²) in [4.78, 5) is 12.9. The maximum atomic E-state index is 12.8. The zero-order valence-electron chi connectivity index (χ0n) is 15.8. The number of amides is 1. The minimum Gasteiger partial charge on any atom is -0.341 e. The number of hydrogen-bond acceptors (Lipinski definition) is 3. The smallest absolute Gasteiger partial charge is 0.252 e. The third-order valence-electron chi connectivity index (χ3n) is 4.39. The van der Waals surface area contributed by atoms with Crippen molar-refractivity contribution in [1.29, 1.82) is 0 Å². The fraction of sp³-hybridized carbons (Fsp3) is 0.0870. The van der Waals surface area contributed by atoms with Crippen LogP contribution in [0.3, 0.4) is 0 Å². The molecular formula is C23H22N2O3S. The molecule has 2 N–H and O–H groups in total. The largest absolute Gasteiger partial charge is 0.341 e. The second-order valence-electron chi connectivity index (χ2n) is 6.39. The quantitative estimate of drug-likeness (QED) is 0.561. The summed E-state index contributed by atoms with van der Waals surface area (Å²) in [6.07, 6.45) is 1.46. The molecule has 0 atom stereocenters. The summed E-state index contributed by atoms with van der Waals surface area (Å²) >= 11 is 0. The third-order valence-corrected chi connectivity index (χ3v) is 5.83. The van der Waals surface area contributed by atoms with E-state index < -0.39 is 10.0 Å². The van der Waals surface area contributed by atoms with Crippen LogP contribution in [0, 0.1) is 0 Å². The molecule has 3 aromatic rings. The van der Waals surface area contributed by atoms with Gasteiger partial charge in [0, 0.05) is 12.1 Å². The van der Waals surface area contributed by atoms with Crippen molar-refractivity contribution in [1.82, 2.24) is 10.0 Å². The molecule has 0 heterocycles. The lowest BCUT2D eigenvalue weighted by atomic mass is 9.98. The van der Waals surface area contributed by atoms with Gasteiger partial charge in [0.15, 0.2) is 0 Å². The van der Waals surface area contributed by atoms with Crippen molar-refractivity contribution in [3.8, 4) is 0 Å². The highest BCUT2D eigenvalue weighted by Crippen LogP contribution is 2.22. The average molecular weight is 407 g/mol. The van der Waals surface area contributed by atoms with Gasteiger partial charge in [0.05, 0.1) is 10.9 Å². The molecule has 0 unspecified atom stereocenters. The average Bonchev–Trinajstić information content (AvgIpc) is 2.77. The maximum absolute atomic E-state index is 12.8. The van der Waals surface area contributed by atoms with Crippen LogP contribution >= 0.6 is 0 Å².